The summed E-state index contributed by atoms with van der Waals surface area (Å²) >= 11 is 1.48. The van der Waals surface area contributed by atoms with Crippen molar-refractivity contribution < 1.29 is 4.74 Å². The van der Waals surface area contributed by atoms with Crippen LogP contribution in [0.5, 0.6) is 0 Å². The molecule has 0 aromatic carbocycles. The van der Waals surface area contributed by atoms with Gasteiger partial charge in [0.1, 0.15) is 16.6 Å². The molecule has 2 aromatic rings. The van der Waals surface area contributed by atoms with Gasteiger partial charge in [0, 0.05) is 25.8 Å². The van der Waals surface area contributed by atoms with Crippen molar-refractivity contribution in [2.75, 3.05) is 32.8 Å². The minimum atomic E-state index is 0.725. The molecule has 0 spiro atoms. The van der Waals surface area contributed by atoms with Crippen molar-refractivity contribution in [3.05, 3.63) is 29.3 Å². The standard InChI is InChI=1S/C14H16N4OS/c15-11-12-1-2-14(20-12)13-3-4-18(16-13)6-5-17-7-9-19-10-8-17/h1-4H,5-10H2. The van der Waals surface area contributed by atoms with E-state index in [1.807, 2.05) is 29.1 Å². The van der Waals surface area contributed by atoms with Crippen molar-refractivity contribution in [3.8, 4) is 16.6 Å². The van der Waals surface area contributed by atoms with Crippen LogP contribution in [-0.4, -0.2) is 47.5 Å². The molecular weight excluding hydrogens is 272 g/mol. The highest BCUT2D eigenvalue weighted by Crippen LogP contribution is 2.25. The lowest BCUT2D eigenvalue weighted by molar-refractivity contribution is 0.0360. The Morgan fingerprint density at radius 3 is 2.85 bits per heavy atom. The first kappa shape index (κ1) is 13.3. The van der Waals surface area contributed by atoms with E-state index >= 15 is 0 Å². The second-order valence-corrected chi connectivity index (χ2v) is 5.78. The third kappa shape index (κ3) is 3.07. The average Bonchev–Trinajstić information content (AvgIpc) is 3.15. The number of nitriles is 1. The highest BCUT2D eigenvalue weighted by atomic mass is 32.1. The number of hydrogen-bond donors (Lipinski definition) is 0. The summed E-state index contributed by atoms with van der Waals surface area (Å²) in [7, 11) is 0. The first-order valence-electron chi connectivity index (χ1n) is 6.69. The highest BCUT2D eigenvalue weighted by molar-refractivity contribution is 7.15. The molecule has 104 valence electrons. The number of morpholine rings is 1. The number of hydrogen-bond acceptors (Lipinski definition) is 5. The van der Waals surface area contributed by atoms with E-state index in [0.717, 1.165) is 54.8 Å². The van der Waals surface area contributed by atoms with Gasteiger partial charge in [-0.3, -0.25) is 9.58 Å². The van der Waals surface area contributed by atoms with Crippen LogP contribution in [0.25, 0.3) is 10.6 Å². The number of nitrogens with zero attached hydrogens (tertiary/aromatic N) is 4. The van der Waals surface area contributed by atoms with Crippen molar-refractivity contribution in [2.24, 2.45) is 0 Å². The molecule has 0 saturated carbocycles. The van der Waals surface area contributed by atoms with Crippen molar-refractivity contribution in [1.29, 1.82) is 5.26 Å². The van der Waals surface area contributed by atoms with Crippen LogP contribution in [0.2, 0.25) is 0 Å². The third-order valence-corrected chi connectivity index (χ3v) is 4.37. The van der Waals surface area contributed by atoms with Crippen LogP contribution in [0, 0.1) is 11.3 Å². The molecule has 5 nitrogen and oxygen atoms in total. The summed E-state index contributed by atoms with van der Waals surface area (Å²) in [5.74, 6) is 0. The summed E-state index contributed by atoms with van der Waals surface area (Å²) in [6, 6.07) is 7.96. The Morgan fingerprint density at radius 2 is 2.10 bits per heavy atom. The Hall–Kier alpha value is -1.68. The summed E-state index contributed by atoms with van der Waals surface area (Å²) in [5.41, 5.74) is 0.943. The normalized spacial score (nSPS) is 16.1. The van der Waals surface area contributed by atoms with Crippen LogP contribution in [-0.2, 0) is 11.3 Å². The van der Waals surface area contributed by atoms with E-state index in [2.05, 4.69) is 16.1 Å². The number of aromatic nitrogens is 2. The molecule has 0 bridgehead atoms. The molecule has 0 amide bonds. The molecule has 1 fully saturated rings. The fourth-order valence-corrected chi connectivity index (χ4v) is 2.99. The summed E-state index contributed by atoms with van der Waals surface area (Å²) < 4.78 is 7.31. The third-order valence-electron chi connectivity index (χ3n) is 3.36. The van der Waals surface area contributed by atoms with Gasteiger partial charge in [-0.2, -0.15) is 10.4 Å². The smallest absolute Gasteiger partial charge is 0.110 e. The van der Waals surface area contributed by atoms with Gasteiger partial charge in [0.15, 0.2) is 0 Å². The van der Waals surface area contributed by atoms with Gasteiger partial charge in [0.25, 0.3) is 0 Å². The van der Waals surface area contributed by atoms with Crippen LogP contribution < -0.4 is 0 Å². The Morgan fingerprint density at radius 1 is 1.25 bits per heavy atom. The summed E-state index contributed by atoms with van der Waals surface area (Å²) in [4.78, 5) is 4.17. The van der Waals surface area contributed by atoms with Gasteiger partial charge in [-0.1, -0.05) is 0 Å². The second-order valence-electron chi connectivity index (χ2n) is 4.69. The SMILES string of the molecule is N#Cc1ccc(-c2ccn(CCN3CCOCC3)n2)s1. The topological polar surface area (TPSA) is 54.1 Å². The van der Waals surface area contributed by atoms with E-state index < -0.39 is 0 Å². The lowest BCUT2D eigenvalue weighted by Gasteiger charge is -2.26. The quantitative estimate of drug-likeness (QED) is 0.861. The molecule has 1 saturated heterocycles. The van der Waals surface area contributed by atoms with E-state index in [9.17, 15) is 0 Å². The van der Waals surface area contributed by atoms with Gasteiger partial charge < -0.3 is 4.74 Å². The van der Waals surface area contributed by atoms with Crippen molar-refractivity contribution >= 4 is 11.3 Å². The van der Waals surface area contributed by atoms with Crippen molar-refractivity contribution in [1.82, 2.24) is 14.7 Å². The molecular formula is C14H16N4OS. The Bertz CT molecular complexity index is 607. The second kappa shape index (κ2) is 6.18. The minimum Gasteiger partial charge on any atom is -0.379 e. The first-order valence-corrected chi connectivity index (χ1v) is 7.51. The Labute approximate surface area is 122 Å². The maximum Gasteiger partial charge on any atom is 0.110 e. The Balaban J connectivity index is 1.60. The summed E-state index contributed by atoms with van der Waals surface area (Å²) in [6.07, 6.45) is 2.00. The predicted molar refractivity (Wildman–Crippen MR) is 77.5 cm³/mol. The fourth-order valence-electron chi connectivity index (χ4n) is 2.22. The number of thiophene rings is 1. The van der Waals surface area contributed by atoms with Gasteiger partial charge in [0.05, 0.1) is 24.6 Å². The predicted octanol–water partition coefficient (Wildman–Crippen LogP) is 1.82. The molecule has 0 unspecified atom stereocenters. The molecule has 1 aliphatic heterocycles. The van der Waals surface area contributed by atoms with Gasteiger partial charge in [-0.05, 0) is 18.2 Å². The zero-order chi connectivity index (χ0) is 13.8. The zero-order valence-electron chi connectivity index (χ0n) is 11.2. The summed E-state index contributed by atoms with van der Waals surface area (Å²) in [6.45, 7) is 5.55. The zero-order valence-corrected chi connectivity index (χ0v) is 12.0. The lowest BCUT2D eigenvalue weighted by atomic mass is 10.3. The summed E-state index contributed by atoms with van der Waals surface area (Å²) in [5, 5.41) is 13.4. The molecule has 0 aliphatic carbocycles. The Kier molecular flexibility index (Phi) is 4.11. The van der Waals surface area contributed by atoms with E-state index in [0.29, 0.717) is 0 Å². The number of ether oxygens (including phenoxy) is 1. The van der Waals surface area contributed by atoms with Crippen molar-refractivity contribution in [3.63, 3.8) is 0 Å². The monoisotopic (exact) mass is 288 g/mol. The molecule has 0 N–H and O–H groups in total. The van der Waals surface area contributed by atoms with Crippen LogP contribution in [0.4, 0.5) is 0 Å². The van der Waals surface area contributed by atoms with Crippen LogP contribution in [0.15, 0.2) is 24.4 Å². The highest BCUT2D eigenvalue weighted by Gasteiger charge is 2.11. The molecule has 2 aromatic heterocycles. The minimum absolute atomic E-state index is 0.725. The molecule has 1 aliphatic rings. The maximum absolute atomic E-state index is 8.85. The van der Waals surface area contributed by atoms with Gasteiger partial charge >= 0.3 is 0 Å². The van der Waals surface area contributed by atoms with Crippen LogP contribution >= 0.6 is 11.3 Å². The van der Waals surface area contributed by atoms with E-state index in [1.165, 1.54) is 11.3 Å². The van der Waals surface area contributed by atoms with E-state index in [4.69, 9.17) is 10.00 Å². The van der Waals surface area contributed by atoms with E-state index in [1.54, 1.807) is 0 Å². The van der Waals surface area contributed by atoms with Gasteiger partial charge in [0.2, 0.25) is 0 Å². The molecule has 6 heteroatoms. The first-order chi connectivity index (χ1) is 9.85. The fraction of sp³-hybridized carbons (Fsp3) is 0.429. The molecule has 3 heterocycles. The lowest BCUT2D eigenvalue weighted by Crippen LogP contribution is -2.38. The van der Waals surface area contributed by atoms with Crippen molar-refractivity contribution in [2.45, 2.75) is 6.54 Å². The molecule has 0 radical (unpaired) electrons. The van der Waals surface area contributed by atoms with E-state index in [-0.39, 0.29) is 0 Å². The van der Waals surface area contributed by atoms with Gasteiger partial charge in [-0.25, -0.2) is 0 Å². The largest absolute Gasteiger partial charge is 0.379 e. The number of rotatable bonds is 4. The van der Waals surface area contributed by atoms with Crippen LogP contribution in [0.3, 0.4) is 0 Å². The maximum atomic E-state index is 8.85. The average molecular weight is 288 g/mol. The molecule has 3 rings (SSSR count). The van der Waals surface area contributed by atoms with Crippen LogP contribution in [0.1, 0.15) is 4.88 Å². The molecule has 20 heavy (non-hydrogen) atoms. The molecule has 0 atom stereocenters. The van der Waals surface area contributed by atoms with Gasteiger partial charge in [-0.15, -0.1) is 11.3 Å².